The van der Waals surface area contributed by atoms with Crippen molar-refractivity contribution < 1.29 is 23.4 Å². The normalized spacial score (nSPS) is 12.8. The molecule has 5 nitrogen and oxygen atoms in total. The molecule has 182 valence electrons. The molecule has 0 saturated heterocycles. The molecule has 0 aliphatic rings. The number of carboxylic acid groups (broad SMARTS) is 1. The topological polar surface area (TPSA) is 64.3 Å². The third-order valence-electron chi connectivity index (χ3n) is 5.77. The van der Waals surface area contributed by atoms with E-state index in [4.69, 9.17) is 9.72 Å². The average Bonchev–Trinajstić information content (AvgIpc) is 3.16. The van der Waals surface area contributed by atoms with Crippen LogP contribution in [0.25, 0.3) is 22.2 Å². The molecule has 0 amide bonds. The van der Waals surface area contributed by atoms with Crippen molar-refractivity contribution in [2.24, 2.45) is 0 Å². The van der Waals surface area contributed by atoms with Gasteiger partial charge in [-0.05, 0) is 63.9 Å². The Morgan fingerprint density at radius 3 is 2.34 bits per heavy atom. The van der Waals surface area contributed by atoms with Crippen LogP contribution in [0.5, 0.6) is 0 Å². The van der Waals surface area contributed by atoms with Gasteiger partial charge in [0.15, 0.2) is 17.7 Å². The van der Waals surface area contributed by atoms with Gasteiger partial charge in [-0.3, -0.25) is 0 Å². The molecule has 0 aliphatic carbocycles. The van der Waals surface area contributed by atoms with Gasteiger partial charge in [0.05, 0.1) is 5.60 Å². The maximum absolute atomic E-state index is 13.8. The molecule has 1 atom stereocenters. The summed E-state index contributed by atoms with van der Waals surface area (Å²) in [5.74, 6) is -2.90. The summed E-state index contributed by atoms with van der Waals surface area (Å²) in [5, 5.41) is 10.9. The van der Waals surface area contributed by atoms with Crippen molar-refractivity contribution in [3.8, 4) is 11.1 Å². The van der Waals surface area contributed by atoms with Crippen LogP contribution in [0.1, 0.15) is 49.3 Å². The van der Waals surface area contributed by atoms with E-state index in [1.165, 1.54) is 12.1 Å². The van der Waals surface area contributed by atoms with Gasteiger partial charge in [-0.2, -0.15) is 0 Å². The molecule has 35 heavy (non-hydrogen) atoms. The van der Waals surface area contributed by atoms with Crippen LogP contribution < -0.4 is 0 Å². The Labute approximate surface area is 203 Å². The highest BCUT2D eigenvalue weighted by atomic mass is 19.2. The van der Waals surface area contributed by atoms with Crippen LogP contribution in [0.2, 0.25) is 0 Å². The number of nitrogens with zero attached hydrogens (tertiary/aromatic N) is 2. The minimum Gasteiger partial charge on any atom is -0.479 e. The predicted molar refractivity (Wildman–Crippen MR) is 131 cm³/mol. The zero-order valence-corrected chi connectivity index (χ0v) is 20.4. The molecular formula is C28H28F2N2O3. The minimum absolute atomic E-state index is 0.278. The van der Waals surface area contributed by atoms with E-state index < -0.39 is 29.3 Å². The van der Waals surface area contributed by atoms with E-state index >= 15 is 0 Å². The van der Waals surface area contributed by atoms with E-state index in [9.17, 15) is 18.7 Å². The minimum atomic E-state index is -1.22. The number of hydrogen-bond acceptors (Lipinski definition) is 3. The quantitative estimate of drug-likeness (QED) is 0.340. The van der Waals surface area contributed by atoms with E-state index in [1.54, 1.807) is 6.92 Å². The summed E-state index contributed by atoms with van der Waals surface area (Å²) in [6.45, 7) is 9.47. The van der Waals surface area contributed by atoms with Crippen LogP contribution in [0.15, 0.2) is 54.7 Å². The second-order valence-electron chi connectivity index (χ2n) is 9.73. The Kier molecular flexibility index (Phi) is 6.47. The Morgan fingerprint density at radius 1 is 1.06 bits per heavy atom. The summed E-state index contributed by atoms with van der Waals surface area (Å²) in [4.78, 5) is 17.1. The Morgan fingerprint density at radius 2 is 1.74 bits per heavy atom. The van der Waals surface area contributed by atoms with Gasteiger partial charge in [0.2, 0.25) is 0 Å². The third-order valence-corrected chi connectivity index (χ3v) is 5.77. The van der Waals surface area contributed by atoms with Crippen LogP contribution in [0.3, 0.4) is 0 Å². The van der Waals surface area contributed by atoms with Gasteiger partial charge in [-0.15, -0.1) is 0 Å². The maximum atomic E-state index is 13.8. The maximum Gasteiger partial charge on any atom is 0.337 e. The fraction of sp³-hybridized carbons (Fsp3) is 0.286. The first-order valence-corrected chi connectivity index (χ1v) is 11.4. The molecule has 0 spiro atoms. The molecule has 4 rings (SSSR count). The van der Waals surface area contributed by atoms with Crippen molar-refractivity contribution in [2.45, 2.75) is 52.9 Å². The van der Waals surface area contributed by atoms with Crippen LogP contribution in [0, 0.1) is 25.5 Å². The van der Waals surface area contributed by atoms with Gasteiger partial charge < -0.3 is 14.4 Å². The molecule has 0 aliphatic heterocycles. The number of fused-ring (bicyclic) bond motifs is 1. The molecule has 4 aromatic rings. The first-order valence-electron chi connectivity index (χ1n) is 11.4. The van der Waals surface area contributed by atoms with Crippen LogP contribution in [0.4, 0.5) is 8.78 Å². The number of aromatic nitrogens is 2. The van der Waals surface area contributed by atoms with Crippen molar-refractivity contribution in [1.29, 1.82) is 0 Å². The van der Waals surface area contributed by atoms with Gasteiger partial charge in [0.1, 0.15) is 5.65 Å². The molecule has 2 heterocycles. The van der Waals surface area contributed by atoms with Gasteiger partial charge >= 0.3 is 5.97 Å². The monoisotopic (exact) mass is 478 g/mol. The predicted octanol–water partition coefficient (Wildman–Crippen LogP) is 6.59. The number of aliphatic carboxylic acids is 1. The summed E-state index contributed by atoms with van der Waals surface area (Å²) in [6, 6.07) is 13.5. The lowest BCUT2D eigenvalue weighted by Gasteiger charge is -2.28. The first kappa shape index (κ1) is 24.5. The van der Waals surface area contributed by atoms with Crippen molar-refractivity contribution in [2.75, 3.05) is 0 Å². The summed E-state index contributed by atoms with van der Waals surface area (Å²) in [6.07, 6.45) is 0.595. The van der Waals surface area contributed by atoms with Crippen molar-refractivity contribution >= 4 is 17.0 Å². The molecule has 1 unspecified atom stereocenters. The summed E-state index contributed by atoms with van der Waals surface area (Å²) in [7, 11) is 0. The van der Waals surface area contributed by atoms with Gasteiger partial charge in [-0.1, -0.05) is 35.9 Å². The number of aryl methyl sites for hydroxylation is 2. The van der Waals surface area contributed by atoms with E-state index in [0.29, 0.717) is 22.5 Å². The average molecular weight is 479 g/mol. The second-order valence-corrected chi connectivity index (χ2v) is 9.73. The highest BCUT2D eigenvalue weighted by Crippen LogP contribution is 2.39. The molecule has 1 N–H and O–H groups in total. The highest BCUT2D eigenvalue weighted by Gasteiger charge is 2.32. The van der Waals surface area contributed by atoms with E-state index in [1.807, 2.05) is 68.8 Å². The number of benzene rings is 2. The SMILES string of the molecule is Cc1ccc(-c2c(C(OC(C)(C)C)C(=O)O)c(C)nc3c2ccn3Cc2ccc(F)c(F)c2)cc1. The summed E-state index contributed by atoms with van der Waals surface area (Å²) >= 11 is 0. The van der Waals surface area contributed by atoms with Gasteiger partial charge in [0, 0.05) is 34.9 Å². The molecule has 2 aromatic heterocycles. The van der Waals surface area contributed by atoms with E-state index in [-0.39, 0.29) is 6.54 Å². The van der Waals surface area contributed by atoms with Crippen LogP contribution in [-0.4, -0.2) is 26.2 Å². The first-order chi connectivity index (χ1) is 16.4. The smallest absolute Gasteiger partial charge is 0.337 e. The molecular weight excluding hydrogens is 450 g/mol. The zero-order chi connectivity index (χ0) is 25.5. The van der Waals surface area contributed by atoms with E-state index in [2.05, 4.69) is 0 Å². The fourth-order valence-corrected chi connectivity index (χ4v) is 4.23. The summed E-state index contributed by atoms with van der Waals surface area (Å²) < 4.78 is 35.0. The van der Waals surface area contributed by atoms with Crippen molar-refractivity contribution in [1.82, 2.24) is 9.55 Å². The fourth-order valence-electron chi connectivity index (χ4n) is 4.23. The number of pyridine rings is 1. The second kappa shape index (κ2) is 9.23. The molecule has 2 aromatic carbocycles. The molecule has 7 heteroatoms. The standard InChI is InChI=1S/C28H28F2N2O3/c1-16-6-9-19(10-7-16)24-20-12-13-32(15-18-8-11-21(29)22(30)14-18)26(20)31-17(2)23(24)25(27(33)34)35-28(3,4)5/h6-14,25H,15H2,1-5H3,(H,33,34). The lowest BCUT2D eigenvalue weighted by atomic mass is 9.92. The van der Waals surface area contributed by atoms with Gasteiger partial charge in [-0.25, -0.2) is 18.6 Å². The number of hydrogen-bond donors (Lipinski definition) is 1. The zero-order valence-electron chi connectivity index (χ0n) is 20.4. The van der Waals surface area contributed by atoms with E-state index in [0.717, 1.165) is 28.1 Å². The summed E-state index contributed by atoms with van der Waals surface area (Å²) in [5.41, 5.74) is 4.17. The number of carboxylic acids is 1. The lowest BCUT2D eigenvalue weighted by Crippen LogP contribution is -2.28. The molecule has 0 fully saturated rings. The Balaban J connectivity index is 1.95. The molecule has 0 saturated carbocycles. The van der Waals surface area contributed by atoms with Crippen molar-refractivity contribution in [3.05, 3.63) is 88.7 Å². The largest absolute Gasteiger partial charge is 0.479 e. The van der Waals surface area contributed by atoms with Crippen molar-refractivity contribution in [3.63, 3.8) is 0 Å². The molecule has 0 radical (unpaired) electrons. The molecule has 0 bridgehead atoms. The van der Waals surface area contributed by atoms with Crippen LogP contribution in [-0.2, 0) is 16.1 Å². The third kappa shape index (κ3) is 5.10. The lowest BCUT2D eigenvalue weighted by molar-refractivity contribution is -0.160. The number of rotatable bonds is 6. The van der Waals surface area contributed by atoms with Crippen LogP contribution >= 0.6 is 0 Å². The Hall–Kier alpha value is -3.58. The van der Waals surface area contributed by atoms with Gasteiger partial charge in [0.25, 0.3) is 0 Å². The highest BCUT2D eigenvalue weighted by molar-refractivity contribution is 5.97. The number of ether oxygens (including phenoxy) is 1. The number of halogens is 2. The Bertz CT molecular complexity index is 1400. The number of carbonyl (C=O) groups is 1.